The molecular weight excluding hydrogens is 274 g/mol. The Hall–Kier alpha value is -2.38. The lowest BCUT2D eigenvalue weighted by atomic mass is 10.1. The van der Waals surface area contributed by atoms with Crippen molar-refractivity contribution in [3.05, 3.63) is 65.2 Å². The standard InChI is InChI=1S/C17H14F2O2/c18-15-5-7-16(8-6-15)21-12-13-4-9-17(19)14(11-13)3-1-2-10-20/h4-9,11,20H,2,10,12H2. The molecule has 2 nitrogen and oxygen atoms in total. The van der Waals surface area contributed by atoms with Crippen LogP contribution in [0, 0.1) is 23.5 Å². The summed E-state index contributed by atoms with van der Waals surface area (Å²) in [6.07, 6.45) is 0.301. The van der Waals surface area contributed by atoms with Gasteiger partial charge in [0, 0.05) is 6.42 Å². The minimum absolute atomic E-state index is 0.0536. The summed E-state index contributed by atoms with van der Waals surface area (Å²) in [5.41, 5.74) is 1.03. The lowest BCUT2D eigenvalue weighted by Gasteiger charge is -2.07. The van der Waals surface area contributed by atoms with Crippen molar-refractivity contribution in [1.29, 1.82) is 0 Å². The highest BCUT2D eigenvalue weighted by Gasteiger charge is 2.02. The normalized spacial score (nSPS) is 9.86. The van der Waals surface area contributed by atoms with Crippen LogP contribution in [0.4, 0.5) is 8.78 Å². The quantitative estimate of drug-likeness (QED) is 0.875. The van der Waals surface area contributed by atoms with Gasteiger partial charge in [-0.05, 0) is 42.0 Å². The molecule has 0 saturated carbocycles. The van der Waals surface area contributed by atoms with E-state index in [4.69, 9.17) is 9.84 Å². The molecule has 108 valence electrons. The first-order valence-electron chi connectivity index (χ1n) is 6.45. The van der Waals surface area contributed by atoms with E-state index in [-0.39, 0.29) is 24.6 Å². The van der Waals surface area contributed by atoms with Gasteiger partial charge in [-0.2, -0.15) is 0 Å². The van der Waals surface area contributed by atoms with Crippen molar-refractivity contribution < 1.29 is 18.6 Å². The Balaban J connectivity index is 2.05. The van der Waals surface area contributed by atoms with Crippen LogP contribution in [-0.4, -0.2) is 11.7 Å². The number of benzene rings is 2. The third-order valence-electron chi connectivity index (χ3n) is 2.71. The van der Waals surface area contributed by atoms with Crippen molar-refractivity contribution in [1.82, 2.24) is 0 Å². The van der Waals surface area contributed by atoms with E-state index in [0.29, 0.717) is 12.2 Å². The molecule has 0 bridgehead atoms. The maximum atomic E-state index is 13.6. The molecule has 2 aromatic carbocycles. The Kier molecular flexibility index (Phi) is 5.30. The van der Waals surface area contributed by atoms with Crippen LogP contribution in [0.2, 0.25) is 0 Å². The molecule has 0 aliphatic rings. The zero-order valence-electron chi connectivity index (χ0n) is 11.3. The average Bonchev–Trinajstić information content (AvgIpc) is 2.49. The Morgan fingerprint density at radius 1 is 1.05 bits per heavy atom. The van der Waals surface area contributed by atoms with Gasteiger partial charge in [0.15, 0.2) is 0 Å². The molecule has 0 heterocycles. The molecule has 2 aromatic rings. The number of ether oxygens (including phenoxy) is 1. The Morgan fingerprint density at radius 3 is 2.52 bits per heavy atom. The molecule has 0 aliphatic carbocycles. The fraction of sp³-hybridized carbons (Fsp3) is 0.176. The monoisotopic (exact) mass is 288 g/mol. The van der Waals surface area contributed by atoms with E-state index >= 15 is 0 Å². The molecular formula is C17H14F2O2. The Morgan fingerprint density at radius 2 is 1.81 bits per heavy atom. The Bertz CT molecular complexity index is 655. The van der Waals surface area contributed by atoms with Crippen LogP contribution in [0.25, 0.3) is 0 Å². The zero-order chi connectivity index (χ0) is 15.1. The third kappa shape index (κ3) is 4.59. The fourth-order valence-corrected chi connectivity index (χ4v) is 1.67. The second-order valence-corrected chi connectivity index (χ2v) is 4.33. The predicted molar refractivity (Wildman–Crippen MR) is 75.7 cm³/mol. The topological polar surface area (TPSA) is 29.5 Å². The lowest BCUT2D eigenvalue weighted by molar-refractivity contribution is 0.305. The number of hydrogen-bond acceptors (Lipinski definition) is 2. The molecule has 2 rings (SSSR count). The van der Waals surface area contributed by atoms with E-state index in [9.17, 15) is 8.78 Å². The molecule has 0 amide bonds. The van der Waals surface area contributed by atoms with Gasteiger partial charge in [-0.15, -0.1) is 0 Å². The van der Waals surface area contributed by atoms with E-state index in [1.165, 1.54) is 30.3 Å². The third-order valence-corrected chi connectivity index (χ3v) is 2.71. The van der Waals surface area contributed by atoms with E-state index in [0.717, 1.165) is 5.56 Å². The van der Waals surface area contributed by atoms with Gasteiger partial charge in [0.2, 0.25) is 0 Å². The van der Waals surface area contributed by atoms with E-state index < -0.39 is 5.82 Å². The summed E-state index contributed by atoms with van der Waals surface area (Å²) in [5.74, 6) is 5.14. The molecule has 0 unspecified atom stereocenters. The van der Waals surface area contributed by atoms with Crippen molar-refractivity contribution in [3.8, 4) is 17.6 Å². The van der Waals surface area contributed by atoms with Gasteiger partial charge in [0.05, 0.1) is 12.2 Å². The smallest absolute Gasteiger partial charge is 0.138 e. The number of rotatable bonds is 4. The van der Waals surface area contributed by atoms with Gasteiger partial charge in [-0.3, -0.25) is 0 Å². The van der Waals surface area contributed by atoms with Gasteiger partial charge in [0.1, 0.15) is 24.0 Å². The molecule has 0 aromatic heterocycles. The van der Waals surface area contributed by atoms with Crippen LogP contribution in [0.3, 0.4) is 0 Å². The molecule has 0 radical (unpaired) electrons. The highest BCUT2D eigenvalue weighted by Crippen LogP contribution is 2.15. The lowest BCUT2D eigenvalue weighted by Crippen LogP contribution is -1.97. The molecule has 0 fully saturated rings. The minimum Gasteiger partial charge on any atom is -0.489 e. The SMILES string of the molecule is OCCC#Cc1cc(COc2ccc(F)cc2)ccc1F. The summed E-state index contributed by atoms with van der Waals surface area (Å²) >= 11 is 0. The van der Waals surface area contributed by atoms with Crippen LogP contribution in [0.1, 0.15) is 17.5 Å². The number of aliphatic hydroxyl groups is 1. The van der Waals surface area contributed by atoms with Crippen molar-refractivity contribution in [2.24, 2.45) is 0 Å². The summed E-state index contributed by atoms with van der Waals surface area (Å²) in [7, 11) is 0. The van der Waals surface area contributed by atoms with Crippen LogP contribution in [-0.2, 0) is 6.61 Å². The molecule has 21 heavy (non-hydrogen) atoms. The summed E-state index contributed by atoms with van der Waals surface area (Å²) < 4.78 is 31.8. The van der Waals surface area contributed by atoms with Gasteiger partial charge in [-0.1, -0.05) is 17.9 Å². The van der Waals surface area contributed by atoms with E-state index in [2.05, 4.69) is 11.8 Å². The molecule has 0 spiro atoms. The highest BCUT2D eigenvalue weighted by atomic mass is 19.1. The van der Waals surface area contributed by atoms with Crippen molar-refractivity contribution in [3.63, 3.8) is 0 Å². The van der Waals surface area contributed by atoms with Gasteiger partial charge in [0.25, 0.3) is 0 Å². The van der Waals surface area contributed by atoms with Gasteiger partial charge >= 0.3 is 0 Å². The molecule has 1 N–H and O–H groups in total. The summed E-state index contributed by atoms with van der Waals surface area (Å²) in [6.45, 7) is 0.183. The van der Waals surface area contributed by atoms with E-state index in [1.54, 1.807) is 12.1 Å². The summed E-state index contributed by atoms with van der Waals surface area (Å²) in [5, 5.41) is 8.66. The largest absolute Gasteiger partial charge is 0.489 e. The second-order valence-electron chi connectivity index (χ2n) is 4.33. The van der Waals surface area contributed by atoms with Crippen molar-refractivity contribution >= 4 is 0 Å². The first-order chi connectivity index (χ1) is 10.2. The van der Waals surface area contributed by atoms with Crippen LogP contribution in [0.5, 0.6) is 5.75 Å². The average molecular weight is 288 g/mol. The maximum Gasteiger partial charge on any atom is 0.138 e. The number of halogens is 2. The van der Waals surface area contributed by atoms with Crippen molar-refractivity contribution in [2.75, 3.05) is 6.61 Å². The van der Waals surface area contributed by atoms with Crippen LogP contribution < -0.4 is 4.74 Å². The summed E-state index contributed by atoms with van der Waals surface area (Å²) in [6, 6.07) is 10.2. The van der Waals surface area contributed by atoms with E-state index in [1.807, 2.05) is 0 Å². The van der Waals surface area contributed by atoms with Crippen LogP contribution in [0.15, 0.2) is 42.5 Å². The fourth-order valence-electron chi connectivity index (χ4n) is 1.67. The maximum absolute atomic E-state index is 13.6. The Labute approximate surface area is 122 Å². The van der Waals surface area contributed by atoms with Gasteiger partial charge < -0.3 is 9.84 Å². The number of aliphatic hydroxyl groups excluding tert-OH is 1. The predicted octanol–water partition coefficient (Wildman–Crippen LogP) is 3.28. The first-order valence-corrected chi connectivity index (χ1v) is 6.45. The molecule has 4 heteroatoms. The zero-order valence-corrected chi connectivity index (χ0v) is 11.3. The minimum atomic E-state index is -0.411. The van der Waals surface area contributed by atoms with Gasteiger partial charge in [-0.25, -0.2) is 8.78 Å². The molecule has 0 saturated heterocycles. The molecule has 0 atom stereocenters. The van der Waals surface area contributed by atoms with Crippen LogP contribution >= 0.6 is 0 Å². The first kappa shape index (κ1) is 15.0. The molecule has 0 aliphatic heterocycles. The highest BCUT2D eigenvalue weighted by molar-refractivity contribution is 5.38. The van der Waals surface area contributed by atoms with Crippen molar-refractivity contribution in [2.45, 2.75) is 13.0 Å². The number of hydrogen-bond donors (Lipinski definition) is 1. The summed E-state index contributed by atoms with van der Waals surface area (Å²) in [4.78, 5) is 0. The second kappa shape index (κ2) is 7.41.